The molecule has 6 heteroatoms. The Labute approximate surface area is 239 Å². The van der Waals surface area contributed by atoms with Gasteiger partial charge in [0.05, 0.1) is 17.4 Å². The van der Waals surface area contributed by atoms with Crippen LogP contribution in [0.15, 0.2) is 121 Å². The van der Waals surface area contributed by atoms with Crippen LogP contribution in [0.5, 0.6) is 0 Å². The Kier molecular flexibility index (Phi) is 8.28. The summed E-state index contributed by atoms with van der Waals surface area (Å²) >= 11 is 6.67. The summed E-state index contributed by atoms with van der Waals surface area (Å²) in [5.74, 6) is 0.0537. The van der Waals surface area contributed by atoms with Crippen molar-refractivity contribution in [2.45, 2.75) is 57.2 Å². The Balaban J connectivity index is 1.62. The summed E-state index contributed by atoms with van der Waals surface area (Å²) in [6.45, 7) is 8.45. The van der Waals surface area contributed by atoms with E-state index in [9.17, 15) is 0 Å². The van der Waals surface area contributed by atoms with Gasteiger partial charge in [0.15, 0.2) is 0 Å². The van der Waals surface area contributed by atoms with Gasteiger partial charge in [-0.2, -0.15) is 0 Å². The molecule has 5 rings (SSSR count). The van der Waals surface area contributed by atoms with Crippen molar-refractivity contribution in [3.63, 3.8) is 0 Å². The van der Waals surface area contributed by atoms with Gasteiger partial charge in [0.2, 0.25) is 0 Å². The molecule has 3 nitrogen and oxygen atoms in total. The highest BCUT2D eigenvalue weighted by Gasteiger charge is 2.52. The quantitative estimate of drug-likeness (QED) is 0.175. The van der Waals surface area contributed by atoms with E-state index in [1.807, 2.05) is 12.1 Å². The van der Waals surface area contributed by atoms with E-state index in [-0.39, 0.29) is 19.1 Å². The number of benzene rings is 4. The van der Waals surface area contributed by atoms with Crippen molar-refractivity contribution in [2.75, 3.05) is 0 Å². The van der Waals surface area contributed by atoms with E-state index in [1.165, 1.54) is 11.1 Å². The van der Waals surface area contributed by atoms with Crippen LogP contribution in [-0.4, -0.2) is 18.3 Å². The normalized spacial score (nSPS) is 18.0. The molecule has 0 radical (unpaired) electrons. The summed E-state index contributed by atoms with van der Waals surface area (Å²) in [6.07, 6.45) is -1.72. The molecule has 1 aliphatic heterocycles. The third-order valence-electron chi connectivity index (χ3n) is 8.10. The lowest BCUT2D eigenvalue weighted by molar-refractivity contribution is 0.00578. The zero-order chi connectivity index (χ0) is 27.5. The summed E-state index contributed by atoms with van der Waals surface area (Å²) in [5.41, 5.74) is 1.65. The highest BCUT2D eigenvalue weighted by atomic mass is 32.4. The summed E-state index contributed by atoms with van der Waals surface area (Å²) in [5, 5.41) is 6.40. The molecule has 1 fully saturated rings. The average molecular weight is 554 g/mol. The first-order chi connectivity index (χ1) is 18.7. The summed E-state index contributed by atoms with van der Waals surface area (Å²) in [4.78, 5) is 0. The van der Waals surface area contributed by atoms with Crippen molar-refractivity contribution in [3.05, 3.63) is 132 Å². The fourth-order valence-corrected chi connectivity index (χ4v) is 8.83. The van der Waals surface area contributed by atoms with E-state index in [4.69, 9.17) is 21.1 Å². The van der Waals surface area contributed by atoms with Crippen LogP contribution in [-0.2, 0) is 21.1 Å². The molecule has 0 aromatic heterocycles. The molecular formula is C33H37BNO2PS. The van der Waals surface area contributed by atoms with Crippen LogP contribution in [0.4, 0.5) is 0 Å². The van der Waals surface area contributed by atoms with E-state index >= 15 is 0 Å². The van der Waals surface area contributed by atoms with Gasteiger partial charge in [0.1, 0.15) is 0 Å². The summed E-state index contributed by atoms with van der Waals surface area (Å²) in [7, 11) is -0.334. The van der Waals surface area contributed by atoms with Gasteiger partial charge in [-0.1, -0.05) is 133 Å². The Hall–Kier alpha value is -2.53. The molecule has 0 spiro atoms. The summed E-state index contributed by atoms with van der Waals surface area (Å²) in [6, 6.07) is 42.4. The Morgan fingerprint density at radius 1 is 0.641 bits per heavy atom. The number of hydrogen-bond donors (Lipinski definition) is 1. The van der Waals surface area contributed by atoms with Crippen LogP contribution in [0, 0.1) is 0 Å². The first-order valence-corrected chi connectivity index (χ1v) is 16.4. The fourth-order valence-electron chi connectivity index (χ4n) is 5.26. The SMILES string of the molecule is CC1(C)OB(C[C@@H](c2ccccc2)[C@@H](NP(=S)(c2ccccc2)c2ccccc2)c2ccccc2)OC1(C)C. The van der Waals surface area contributed by atoms with Crippen molar-refractivity contribution in [2.24, 2.45) is 0 Å². The average Bonchev–Trinajstić information content (AvgIpc) is 3.17. The lowest BCUT2D eigenvalue weighted by atomic mass is 9.71. The van der Waals surface area contributed by atoms with E-state index in [1.54, 1.807) is 0 Å². The Morgan fingerprint density at radius 3 is 1.46 bits per heavy atom. The predicted octanol–water partition coefficient (Wildman–Crippen LogP) is 7.24. The lowest BCUT2D eigenvalue weighted by Crippen LogP contribution is -2.41. The van der Waals surface area contributed by atoms with Gasteiger partial charge in [0.25, 0.3) is 0 Å². The van der Waals surface area contributed by atoms with Crippen LogP contribution >= 0.6 is 6.19 Å². The molecule has 200 valence electrons. The zero-order valence-electron chi connectivity index (χ0n) is 23.2. The highest BCUT2D eigenvalue weighted by Crippen LogP contribution is 2.48. The second-order valence-corrected chi connectivity index (χ2v) is 15.4. The largest absolute Gasteiger partial charge is 0.458 e. The van der Waals surface area contributed by atoms with E-state index in [2.05, 4.69) is 142 Å². The minimum absolute atomic E-state index is 0.0537. The molecule has 4 aromatic rings. The van der Waals surface area contributed by atoms with Crippen molar-refractivity contribution < 1.29 is 9.31 Å². The van der Waals surface area contributed by atoms with Gasteiger partial charge in [-0.3, -0.25) is 5.09 Å². The minimum atomic E-state index is -2.41. The van der Waals surface area contributed by atoms with Gasteiger partial charge in [-0.05, 0) is 45.1 Å². The molecule has 1 saturated heterocycles. The Bertz CT molecular complexity index is 1340. The monoisotopic (exact) mass is 553 g/mol. The van der Waals surface area contributed by atoms with Crippen LogP contribution in [0.2, 0.25) is 6.32 Å². The molecule has 2 atom stereocenters. The molecule has 0 unspecified atom stereocenters. The topological polar surface area (TPSA) is 30.5 Å². The smallest absolute Gasteiger partial charge is 0.403 e. The molecule has 1 aliphatic rings. The van der Waals surface area contributed by atoms with Gasteiger partial charge in [-0.15, -0.1) is 0 Å². The van der Waals surface area contributed by atoms with Crippen molar-refractivity contribution in [1.82, 2.24) is 5.09 Å². The maximum absolute atomic E-state index is 6.67. The standard InChI is InChI=1S/C33H37BNO2PS/c1-32(2)33(3,4)37-34(36-32)25-30(26-17-9-5-10-18-26)31(27-19-11-6-12-20-27)35-38(39,28-21-13-7-14-22-28)29-23-15-8-16-24-29/h5-24,30-31H,25H2,1-4H3,(H,35,39)/t30-,31-/m0/s1. The fraction of sp³-hybridized carbons (Fsp3) is 0.273. The van der Waals surface area contributed by atoms with Gasteiger partial charge >= 0.3 is 7.12 Å². The molecule has 1 N–H and O–H groups in total. The molecule has 1 heterocycles. The molecule has 0 amide bonds. The van der Waals surface area contributed by atoms with Crippen molar-refractivity contribution in [3.8, 4) is 0 Å². The second-order valence-electron chi connectivity index (χ2n) is 11.2. The molecule has 0 bridgehead atoms. The zero-order valence-corrected chi connectivity index (χ0v) is 24.9. The van der Waals surface area contributed by atoms with E-state index in [0.29, 0.717) is 6.32 Å². The number of rotatable bonds is 9. The first-order valence-electron chi connectivity index (χ1n) is 13.6. The first kappa shape index (κ1) is 28.0. The maximum atomic E-state index is 6.67. The van der Waals surface area contributed by atoms with Crippen molar-refractivity contribution >= 4 is 35.7 Å². The Morgan fingerprint density at radius 2 is 1.03 bits per heavy atom. The van der Waals surface area contributed by atoms with E-state index in [0.717, 1.165) is 10.6 Å². The van der Waals surface area contributed by atoms with Crippen LogP contribution in [0.1, 0.15) is 50.8 Å². The summed E-state index contributed by atoms with van der Waals surface area (Å²) < 4.78 is 13.1. The van der Waals surface area contributed by atoms with Gasteiger partial charge < -0.3 is 9.31 Å². The molecular weight excluding hydrogens is 516 g/mol. The van der Waals surface area contributed by atoms with Crippen LogP contribution in [0.3, 0.4) is 0 Å². The van der Waals surface area contributed by atoms with Crippen LogP contribution < -0.4 is 15.7 Å². The molecule has 4 aromatic carbocycles. The molecule has 0 saturated carbocycles. The van der Waals surface area contributed by atoms with Gasteiger partial charge in [-0.25, -0.2) is 0 Å². The maximum Gasteiger partial charge on any atom is 0.458 e. The number of nitrogens with one attached hydrogen (secondary N) is 1. The third kappa shape index (κ3) is 5.99. The lowest BCUT2D eigenvalue weighted by Gasteiger charge is -2.36. The highest BCUT2D eigenvalue weighted by molar-refractivity contribution is 8.20. The van der Waals surface area contributed by atoms with Crippen molar-refractivity contribution in [1.29, 1.82) is 0 Å². The molecule has 39 heavy (non-hydrogen) atoms. The van der Waals surface area contributed by atoms with E-state index < -0.39 is 17.4 Å². The second kappa shape index (κ2) is 11.5. The predicted molar refractivity (Wildman–Crippen MR) is 169 cm³/mol. The van der Waals surface area contributed by atoms with Crippen LogP contribution in [0.25, 0.3) is 0 Å². The number of hydrogen-bond acceptors (Lipinski definition) is 3. The minimum Gasteiger partial charge on any atom is -0.403 e. The molecule has 0 aliphatic carbocycles. The van der Waals surface area contributed by atoms with Gasteiger partial charge in [0, 0.05) is 22.6 Å². The third-order valence-corrected chi connectivity index (χ3v) is 12.4.